The number of imidazole rings is 1. The van der Waals surface area contributed by atoms with Crippen LogP contribution in [0.2, 0.25) is 0 Å². The summed E-state index contributed by atoms with van der Waals surface area (Å²) in [7, 11) is 0. The zero-order chi connectivity index (χ0) is 13.0. The second kappa shape index (κ2) is 4.06. The third-order valence-electron chi connectivity index (χ3n) is 5.56. The van der Waals surface area contributed by atoms with Crippen LogP contribution in [0.15, 0.2) is 12.5 Å². The monoisotopic (exact) mass is 260 g/mol. The number of rotatable bonds is 3. The molecular weight excluding hydrogens is 236 g/mol. The Morgan fingerprint density at radius 2 is 2.21 bits per heavy atom. The fourth-order valence-electron chi connectivity index (χ4n) is 4.10. The summed E-state index contributed by atoms with van der Waals surface area (Å²) in [6.45, 7) is 9.53. The standard InChI is InChI=1S/C15H24N4/c1-15(2)14-7-16-5-11(14)8-18(15)9-13-6-17-10-19(13)12-3-4-12/h6,10-12,14,16H,3-5,7-9H2,1-2H3. The van der Waals surface area contributed by atoms with Crippen molar-refractivity contribution in [1.29, 1.82) is 0 Å². The van der Waals surface area contributed by atoms with Crippen LogP contribution >= 0.6 is 0 Å². The lowest BCUT2D eigenvalue weighted by Gasteiger charge is -2.35. The second-order valence-corrected chi connectivity index (χ2v) is 7.08. The molecule has 2 unspecified atom stereocenters. The molecule has 104 valence electrons. The molecule has 4 nitrogen and oxygen atoms in total. The molecule has 0 aromatic carbocycles. The van der Waals surface area contributed by atoms with Gasteiger partial charge in [0, 0.05) is 37.4 Å². The van der Waals surface area contributed by atoms with Crippen molar-refractivity contribution in [3.63, 3.8) is 0 Å². The molecule has 1 aliphatic carbocycles. The third-order valence-corrected chi connectivity index (χ3v) is 5.56. The van der Waals surface area contributed by atoms with Crippen LogP contribution in [-0.2, 0) is 6.54 Å². The summed E-state index contributed by atoms with van der Waals surface area (Å²) >= 11 is 0. The van der Waals surface area contributed by atoms with Crippen molar-refractivity contribution in [2.75, 3.05) is 19.6 Å². The summed E-state index contributed by atoms with van der Waals surface area (Å²) in [6, 6.07) is 0.740. The predicted octanol–water partition coefficient (Wildman–Crippen LogP) is 1.65. The van der Waals surface area contributed by atoms with E-state index < -0.39 is 0 Å². The SMILES string of the molecule is CC1(C)C2CNCC2CN1Cc1cncn1C1CC1. The van der Waals surface area contributed by atoms with E-state index in [-0.39, 0.29) is 0 Å². The van der Waals surface area contributed by atoms with Crippen LogP contribution in [0, 0.1) is 11.8 Å². The number of nitrogens with zero attached hydrogens (tertiary/aromatic N) is 3. The number of hydrogen-bond acceptors (Lipinski definition) is 3. The molecule has 1 saturated carbocycles. The van der Waals surface area contributed by atoms with Gasteiger partial charge in [0.15, 0.2) is 0 Å². The van der Waals surface area contributed by atoms with Gasteiger partial charge in [-0.05, 0) is 45.1 Å². The van der Waals surface area contributed by atoms with Crippen LogP contribution in [0.1, 0.15) is 38.4 Å². The normalized spacial score (nSPS) is 33.8. The molecule has 1 N–H and O–H groups in total. The quantitative estimate of drug-likeness (QED) is 0.897. The van der Waals surface area contributed by atoms with Gasteiger partial charge in [-0.3, -0.25) is 4.90 Å². The molecule has 3 fully saturated rings. The molecule has 4 heteroatoms. The van der Waals surface area contributed by atoms with E-state index in [1.165, 1.54) is 38.2 Å². The van der Waals surface area contributed by atoms with Crippen LogP contribution in [0.25, 0.3) is 0 Å². The maximum absolute atomic E-state index is 4.37. The van der Waals surface area contributed by atoms with Crippen molar-refractivity contribution < 1.29 is 0 Å². The molecule has 0 bridgehead atoms. The summed E-state index contributed by atoms with van der Waals surface area (Å²) < 4.78 is 2.41. The van der Waals surface area contributed by atoms with Crippen molar-refractivity contribution in [2.24, 2.45) is 11.8 Å². The molecule has 3 aliphatic rings. The van der Waals surface area contributed by atoms with Gasteiger partial charge in [0.1, 0.15) is 0 Å². The minimum absolute atomic E-state index is 0.312. The van der Waals surface area contributed by atoms with Gasteiger partial charge in [-0.25, -0.2) is 4.98 Å². The van der Waals surface area contributed by atoms with E-state index >= 15 is 0 Å². The fraction of sp³-hybridized carbons (Fsp3) is 0.800. The van der Waals surface area contributed by atoms with Crippen molar-refractivity contribution in [3.8, 4) is 0 Å². The van der Waals surface area contributed by atoms with E-state index in [2.05, 4.69) is 39.8 Å². The second-order valence-electron chi connectivity index (χ2n) is 7.08. The highest BCUT2D eigenvalue weighted by atomic mass is 15.3. The Hall–Kier alpha value is -0.870. The van der Waals surface area contributed by atoms with Gasteiger partial charge >= 0.3 is 0 Å². The molecule has 1 aromatic heterocycles. The minimum Gasteiger partial charge on any atom is -0.330 e. The zero-order valence-electron chi connectivity index (χ0n) is 12.0. The molecule has 3 heterocycles. The Balaban J connectivity index is 1.55. The smallest absolute Gasteiger partial charge is 0.0951 e. The first-order chi connectivity index (χ1) is 9.16. The largest absolute Gasteiger partial charge is 0.330 e. The molecule has 2 saturated heterocycles. The Morgan fingerprint density at radius 1 is 1.37 bits per heavy atom. The van der Waals surface area contributed by atoms with Crippen LogP contribution in [-0.4, -0.2) is 39.6 Å². The van der Waals surface area contributed by atoms with Crippen molar-refractivity contribution in [1.82, 2.24) is 19.8 Å². The summed E-state index contributed by atoms with van der Waals surface area (Å²) in [6.07, 6.45) is 6.77. The lowest BCUT2D eigenvalue weighted by Crippen LogP contribution is -2.44. The predicted molar refractivity (Wildman–Crippen MR) is 74.8 cm³/mol. The van der Waals surface area contributed by atoms with E-state index in [1.807, 2.05) is 6.33 Å². The Morgan fingerprint density at radius 3 is 2.95 bits per heavy atom. The highest BCUT2D eigenvalue weighted by molar-refractivity contribution is 5.09. The molecule has 2 aliphatic heterocycles. The Kier molecular flexibility index (Phi) is 2.55. The summed E-state index contributed by atoms with van der Waals surface area (Å²) in [4.78, 5) is 7.05. The number of aromatic nitrogens is 2. The molecule has 1 aromatic rings. The van der Waals surface area contributed by atoms with Crippen LogP contribution in [0.4, 0.5) is 0 Å². The summed E-state index contributed by atoms with van der Waals surface area (Å²) in [5.74, 6) is 1.65. The molecule has 0 spiro atoms. The first kappa shape index (κ1) is 11.9. The topological polar surface area (TPSA) is 33.1 Å². The van der Waals surface area contributed by atoms with Crippen molar-refractivity contribution >= 4 is 0 Å². The number of likely N-dealkylation sites (tertiary alicyclic amines) is 1. The van der Waals surface area contributed by atoms with Gasteiger partial charge < -0.3 is 9.88 Å². The van der Waals surface area contributed by atoms with Gasteiger partial charge in [0.05, 0.1) is 12.0 Å². The van der Waals surface area contributed by atoms with E-state index in [1.54, 1.807) is 0 Å². The zero-order valence-corrected chi connectivity index (χ0v) is 12.0. The van der Waals surface area contributed by atoms with Gasteiger partial charge in [-0.1, -0.05) is 0 Å². The molecular formula is C15H24N4. The van der Waals surface area contributed by atoms with Crippen LogP contribution in [0.3, 0.4) is 0 Å². The number of hydrogen-bond donors (Lipinski definition) is 1. The first-order valence-corrected chi connectivity index (χ1v) is 7.63. The van der Waals surface area contributed by atoms with Crippen molar-refractivity contribution in [2.45, 2.75) is 44.8 Å². The maximum Gasteiger partial charge on any atom is 0.0951 e. The number of fused-ring (bicyclic) bond motifs is 1. The molecule has 19 heavy (non-hydrogen) atoms. The Labute approximate surface area is 115 Å². The van der Waals surface area contributed by atoms with Gasteiger partial charge in [-0.2, -0.15) is 0 Å². The third kappa shape index (κ3) is 1.84. The molecule has 2 atom stereocenters. The first-order valence-electron chi connectivity index (χ1n) is 7.63. The van der Waals surface area contributed by atoms with Gasteiger partial charge in [0.2, 0.25) is 0 Å². The summed E-state index contributed by atoms with van der Waals surface area (Å²) in [5, 5.41) is 3.55. The van der Waals surface area contributed by atoms with Gasteiger partial charge in [-0.15, -0.1) is 0 Å². The molecule has 0 radical (unpaired) electrons. The lowest BCUT2D eigenvalue weighted by atomic mass is 9.85. The van der Waals surface area contributed by atoms with Crippen molar-refractivity contribution in [3.05, 3.63) is 18.2 Å². The van der Waals surface area contributed by atoms with Gasteiger partial charge in [0.25, 0.3) is 0 Å². The Bertz CT molecular complexity index is 474. The average molecular weight is 260 g/mol. The van der Waals surface area contributed by atoms with Crippen LogP contribution < -0.4 is 5.32 Å². The maximum atomic E-state index is 4.37. The molecule has 4 rings (SSSR count). The average Bonchev–Trinajstić information content (AvgIpc) is 2.85. The highest BCUT2D eigenvalue weighted by Gasteiger charge is 2.49. The lowest BCUT2D eigenvalue weighted by molar-refractivity contribution is 0.129. The minimum atomic E-state index is 0.312. The van der Waals surface area contributed by atoms with E-state index in [9.17, 15) is 0 Å². The van der Waals surface area contributed by atoms with E-state index in [0.717, 1.165) is 24.4 Å². The van der Waals surface area contributed by atoms with E-state index in [4.69, 9.17) is 0 Å². The summed E-state index contributed by atoms with van der Waals surface area (Å²) in [5.41, 5.74) is 1.72. The molecule has 0 amide bonds. The fourth-order valence-corrected chi connectivity index (χ4v) is 4.10. The van der Waals surface area contributed by atoms with E-state index in [0.29, 0.717) is 5.54 Å². The van der Waals surface area contributed by atoms with Crippen LogP contribution in [0.5, 0.6) is 0 Å². The highest BCUT2D eigenvalue weighted by Crippen LogP contribution is 2.42. The number of nitrogens with one attached hydrogen (secondary N) is 1.